The van der Waals surface area contributed by atoms with Crippen LogP contribution in [0.15, 0.2) is 4.79 Å². The molecule has 1 aromatic heterocycles. The molecule has 128 valence electrons. The summed E-state index contributed by atoms with van der Waals surface area (Å²) >= 11 is 0. The first kappa shape index (κ1) is 17.7. The van der Waals surface area contributed by atoms with Crippen LogP contribution in [0.25, 0.3) is 0 Å². The molecular weight excluding hydrogens is 300 g/mol. The minimum atomic E-state index is -0.431. The molecule has 23 heavy (non-hydrogen) atoms. The van der Waals surface area contributed by atoms with Crippen LogP contribution in [0.4, 0.5) is 0 Å². The van der Waals surface area contributed by atoms with Gasteiger partial charge in [-0.05, 0) is 38.3 Å². The number of aliphatic hydroxyl groups is 1. The van der Waals surface area contributed by atoms with Crippen LogP contribution < -0.4 is 10.9 Å². The second-order valence-corrected chi connectivity index (χ2v) is 5.78. The van der Waals surface area contributed by atoms with Crippen molar-refractivity contribution in [3.63, 3.8) is 0 Å². The molecule has 2 atom stereocenters. The summed E-state index contributed by atoms with van der Waals surface area (Å²) in [6, 6.07) is -0.344. The van der Waals surface area contributed by atoms with Crippen LogP contribution in [0, 0.1) is 20.8 Å². The Hall–Kier alpha value is -1.70. The molecule has 0 bridgehead atoms. The quantitative estimate of drug-likeness (QED) is 0.718. The summed E-state index contributed by atoms with van der Waals surface area (Å²) in [5, 5.41) is 11.7. The van der Waals surface area contributed by atoms with Gasteiger partial charge in [-0.1, -0.05) is 0 Å². The molecule has 1 aliphatic heterocycles. The number of aromatic amines is 1. The molecule has 0 aromatic carbocycles. The van der Waals surface area contributed by atoms with E-state index in [4.69, 9.17) is 14.6 Å². The topological polar surface area (TPSA) is 101 Å². The van der Waals surface area contributed by atoms with Crippen LogP contribution in [-0.2, 0) is 9.47 Å². The van der Waals surface area contributed by atoms with Gasteiger partial charge in [0.15, 0.2) is 0 Å². The van der Waals surface area contributed by atoms with E-state index in [-0.39, 0.29) is 30.9 Å². The molecule has 1 aliphatic rings. The molecule has 2 heterocycles. The lowest BCUT2D eigenvalue weighted by Crippen LogP contribution is -2.51. The molecule has 3 N–H and O–H groups in total. The van der Waals surface area contributed by atoms with Crippen LogP contribution in [0.1, 0.15) is 33.6 Å². The standard InChI is InChI=1S/C16H24N2O5/c1-9-10(2)14(15(20)17-11(9)3)16(21)18-12-8-22-6-4-13(12)23-7-5-19/h12-13,19H,4-8H2,1-3H3,(H,17,20)(H,18,21)/t12-,13+/m1/s1. The number of rotatable bonds is 5. The van der Waals surface area contributed by atoms with Crippen molar-refractivity contribution >= 4 is 5.91 Å². The SMILES string of the molecule is Cc1[nH]c(=O)c(C(=O)N[C@@H]2COCC[C@@H]2OCCO)c(C)c1C. The summed E-state index contributed by atoms with van der Waals surface area (Å²) < 4.78 is 10.9. The molecule has 1 fully saturated rings. The molecule has 0 unspecified atom stereocenters. The lowest BCUT2D eigenvalue weighted by Gasteiger charge is -2.32. The summed E-state index contributed by atoms with van der Waals surface area (Å²) in [5.41, 5.74) is 2.05. The highest BCUT2D eigenvalue weighted by molar-refractivity contribution is 5.95. The summed E-state index contributed by atoms with van der Waals surface area (Å²) in [4.78, 5) is 27.4. The van der Waals surface area contributed by atoms with Crippen molar-refractivity contribution in [2.24, 2.45) is 0 Å². The van der Waals surface area contributed by atoms with E-state index < -0.39 is 11.5 Å². The second kappa shape index (κ2) is 7.72. The zero-order chi connectivity index (χ0) is 17.0. The number of amides is 1. The van der Waals surface area contributed by atoms with Gasteiger partial charge in [-0.15, -0.1) is 0 Å². The van der Waals surface area contributed by atoms with Crippen molar-refractivity contribution in [1.82, 2.24) is 10.3 Å². The van der Waals surface area contributed by atoms with E-state index in [0.717, 1.165) is 11.3 Å². The fraction of sp³-hybridized carbons (Fsp3) is 0.625. The Kier molecular flexibility index (Phi) is 5.92. The summed E-state index contributed by atoms with van der Waals surface area (Å²) in [7, 11) is 0. The van der Waals surface area contributed by atoms with Gasteiger partial charge in [0.05, 0.1) is 32.0 Å². The minimum Gasteiger partial charge on any atom is -0.394 e. The lowest BCUT2D eigenvalue weighted by atomic mass is 10.0. The van der Waals surface area contributed by atoms with Crippen molar-refractivity contribution in [2.45, 2.75) is 39.3 Å². The normalized spacial score (nSPS) is 21.2. The van der Waals surface area contributed by atoms with Gasteiger partial charge < -0.3 is 24.9 Å². The average molecular weight is 324 g/mol. The number of pyridine rings is 1. The molecule has 0 saturated carbocycles. The second-order valence-electron chi connectivity index (χ2n) is 5.78. The molecule has 1 aromatic rings. The average Bonchev–Trinajstić information content (AvgIpc) is 2.52. The van der Waals surface area contributed by atoms with E-state index in [2.05, 4.69) is 10.3 Å². The molecule has 1 amide bonds. The fourth-order valence-electron chi connectivity index (χ4n) is 2.74. The number of carbonyl (C=O) groups is 1. The first-order chi connectivity index (χ1) is 11.0. The third-order valence-electron chi connectivity index (χ3n) is 4.29. The molecule has 0 aliphatic carbocycles. The summed E-state index contributed by atoms with van der Waals surface area (Å²) in [6.45, 7) is 6.45. The number of aromatic nitrogens is 1. The Morgan fingerprint density at radius 3 is 2.83 bits per heavy atom. The number of ether oxygens (including phenoxy) is 2. The Morgan fingerprint density at radius 2 is 2.13 bits per heavy atom. The third-order valence-corrected chi connectivity index (χ3v) is 4.29. The van der Waals surface area contributed by atoms with Crippen molar-refractivity contribution < 1.29 is 19.4 Å². The lowest BCUT2D eigenvalue weighted by molar-refractivity contribution is -0.0612. The maximum absolute atomic E-state index is 12.5. The number of H-pyrrole nitrogens is 1. The number of aliphatic hydroxyl groups excluding tert-OH is 1. The molecule has 7 heteroatoms. The van der Waals surface area contributed by atoms with Crippen LogP contribution >= 0.6 is 0 Å². The zero-order valence-electron chi connectivity index (χ0n) is 13.8. The van der Waals surface area contributed by atoms with Gasteiger partial charge in [-0.2, -0.15) is 0 Å². The largest absolute Gasteiger partial charge is 0.394 e. The van der Waals surface area contributed by atoms with E-state index in [1.54, 1.807) is 13.8 Å². The van der Waals surface area contributed by atoms with Gasteiger partial charge in [0.25, 0.3) is 11.5 Å². The Balaban J connectivity index is 2.18. The summed E-state index contributed by atoms with van der Waals surface area (Å²) in [5.74, 6) is -0.431. The van der Waals surface area contributed by atoms with Gasteiger partial charge >= 0.3 is 0 Å². The third kappa shape index (κ3) is 3.99. The van der Waals surface area contributed by atoms with Gasteiger partial charge in [-0.25, -0.2) is 0 Å². The highest BCUT2D eigenvalue weighted by atomic mass is 16.5. The Labute approximate surface area is 135 Å². The van der Waals surface area contributed by atoms with Crippen molar-refractivity contribution in [3.05, 3.63) is 32.7 Å². The fourth-order valence-corrected chi connectivity index (χ4v) is 2.74. The van der Waals surface area contributed by atoms with Crippen molar-refractivity contribution in [2.75, 3.05) is 26.4 Å². The minimum absolute atomic E-state index is 0.0754. The van der Waals surface area contributed by atoms with Crippen LogP contribution in [0.3, 0.4) is 0 Å². The van der Waals surface area contributed by atoms with Crippen LogP contribution in [-0.4, -0.2) is 54.6 Å². The van der Waals surface area contributed by atoms with Crippen molar-refractivity contribution in [1.29, 1.82) is 0 Å². The predicted molar refractivity (Wildman–Crippen MR) is 84.8 cm³/mol. The van der Waals surface area contributed by atoms with Gasteiger partial charge in [0.1, 0.15) is 5.56 Å². The molecule has 7 nitrogen and oxygen atoms in total. The first-order valence-corrected chi connectivity index (χ1v) is 7.76. The number of hydrogen-bond donors (Lipinski definition) is 3. The van der Waals surface area contributed by atoms with E-state index >= 15 is 0 Å². The monoisotopic (exact) mass is 324 g/mol. The highest BCUT2D eigenvalue weighted by Crippen LogP contribution is 2.15. The molecule has 2 rings (SSSR count). The smallest absolute Gasteiger partial charge is 0.261 e. The summed E-state index contributed by atoms with van der Waals surface area (Å²) in [6.07, 6.45) is 0.401. The Bertz CT molecular complexity index is 626. The maximum Gasteiger partial charge on any atom is 0.261 e. The predicted octanol–water partition coefficient (Wildman–Crippen LogP) is 0.196. The number of carbonyl (C=O) groups excluding carboxylic acids is 1. The molecule has 0 spiro atoms. The number of nitrogens with one attached hydrogen (secondary N) is 2. The van der Waals surface area contributed by atoms with Crippen LogP contribution in [0.5, 0.6) is 0 Å². The first-order valence-electron chi connectivity index (χ1n) is 7.76. The number of hydrogen-bond acceptors (Lipinski definition) is 5. The van der Waals surface area contributed by atoms with E-state index in [0.29, 0.717) is 25.2 Å². The molecule has 1 saturated heterocycles. The zero-order valence-corrected chi connectivity index (χ0v) is 13.8. The van der Waals surface area contributed by atoms with Gasteiger partial charge in [-0.3, -0.25) is 9.59 Å². The van der Waals surface area contributed by atoms with Gasteiger partial charge in [0.2, 0.25) is 0 Å². The maximum atomic E-state index is 12.5. The molecule has 0 radical (unpaired) electrons. The van der Waals surface area contributed by atoms with Crippen molar-refractivity contribution in [3.8, 4) is 0 Å². The number of aryl methyl sites for hydroxylation is 1. The van der Waals surface area contributed by atoms with E-state index in [1.807, 2.05) is 6.92 Å². The Morgan fingerprint density at radius 1 is 1.39 bits per heavy atom. The van der Waals surface area contributed by atoms with E-state index in [9.17, 15) is 9.59 Å². The molecular formula is C16H24N2O5. The highest BCUT2D eigenvalue weighted by Gasteiger charge is 2.29. The van der Waals surface area contributed by atoms with Gasteiger partial charge in [0, 0.05) is 12.3 Å². The van der Waals surface area contributed by atoms with Crippen LogP contribution in [0.2, 0.25) is 0 Å². The van der Waals surface area contributed by atoms with E-state index in [1.165, 1.54) is 0 Å².